The van der Waals surface area contributed by atoms with Crippen LogP contribution in [0.25, 0.3) is 0 Å². The summed E-state index contributed by atoms with van der Waals surface area (Å²) >= 11 is 3.47. The van der Waals surface area contributed by atoms with Crippen molar-refractivity contribution in [1.82, 2.24) is 4.98 Å². The van der Waals surface area contributed by atoms with Crippen LogP contribution in [0.2, 0.25) is 0 Å². The van der Waals surface area contributed by atoms with Gasteiger partial charge in [0.1, 0.15) is 5.75 Å². The molecule has 3 nitrogen and oxygen atoms in total. The second-order valence-corrected chi connectivity index (χ2v) is 4.79. The molecule has 0 fully saturated rings. The summed E-state index contributed by atoms with van der Waals surface area (Å²) in [5.41, 5.74) is 1.67. The first-order valence-electron chi connectivity index (χ1n) is 5.62. The first-order chi connectivity index (χ1) is 8.70. The van der Waals surface area contributed by atoms with Gasteiger partial charge in [-0.2, -0.15) is 0 Å². The van der Waals surface area contributed by atoms with Crippen molar-refractivity contribution in [3.63, 3.8) is 0 Å². The third-order valence-electron chi connectivity index (χ3n) is 2.70. The second kappa shape index (κ2) is 5.98. The lowest BCUT2D eigenvalue weighted by molar-refractivity contribution is 0.173. The normalized spacial score (nSPS) is 12.2. The number of nitrogens with zero attached hydrogens (tertiary/aromatic N) is 1. The molecular formula is C14H14BrNO2. The number of hydrogen-bond acceptors (Lipinski definition) is 3. The van der Waals surface area contributed by atoms with Gasteiger partial charge in [-0.1, -0.05) is 22.0 Å². The molecule has 18 heavy (non-hydrogen) atoms. The molecule has 0 saturated carbocycles. The van der Waals surface area contributed by atoms with Gasteiger partial charge in [-0.25, -0.2) is 0 Å². The molecule has 1 unspecified atom stereocenters. The van der Waals surface area contributed by atoms with Gasteiger partial charge in [0, 0.05) is 17.1 Å². The van der Waals surface area contributed by atoms with Crippen LogP contribution in [-0.4, -0.2) is 17.2 Å². The van der Waals surface area contributed by atoms with Crippen molar-refractivity contribution in [2.24, 2.45) is 0 Å². The molecule has 1 atom stereocenters. The number of aliphatic hydroxyl groups is 1. The van der Waals surface area contributed by atoms with Crippen LogP contribution in [0, 0.1) is 0 Å². The number of methoxy groups -OCH3 is 1. The maximum Gasteiger partial charge on any atom is 0.119 e. The number of pyridine rings is 1. The zero-order valence-electron chi connectivity index (χ0n) is 10.0. The van der Waals surface area contributed by atoms with Crippen molar-refractivity contribution >= 4 is 15.9 Å². The third-order valence-corrected chi connectivity index (χ3v) is 3.47. The van der Waals surface area contributed by atoms with Crippen molar-refractivity contribution in [3.8, 4) is 5.75 Å². The molecule has 0 aliphatic carbocycles. The minimum absolute atomic E-state index is 0.495. The van der Waals surface area contributed by atoms with Gasteiger partial charge in [0.15, 0.2) is 0 Å². The Bertz CT molecular complexity index is 516. The maximum atomic E-state index is 10.1. The topological polar surface area (TPSA) is 42.4 Å². The Morgan fingerprint density at radius 1 is 1.33 bits per heavy atom. The second-order valence-electron chi connectivity index (χ2n) is 3.93. The van der Waals surface area contributed by atoms with Crippen LogP contribution in [-0.2, 0) is 6.42 Å². The molecule has 1 aromatic heterocycles. The van der Waals surface area contributed by atoms with Crippen LogP contribution < -0.4 is 4.74 Å². The Hall–Kier alpha value is -1.39. The molecule has 0 saturated heterocycles. The predicted molar refractivity (Wildman–Crippen MR) is 73.6 cm³/mol. The molecule has 0 radical (unpaired) electrons. The van der Waals surface area contributed by atoms with Crippen molar-refractivity contribution in [2.45, 2.75) is 12.5 Å². The number of aromatic nitrogens is 1. The first-order valence-corrected chi connectivity index (χ1v) is 6.41. The van der Waals surface area contributed by atoms with E-state index in [1.54, 1.807) is 13.3 Å². The molecule has 0 amide bonds. The number of benzene rings is 1. The van der Waals surface area contributed by atoms with Gasteiger partial charge in [0.2, 0.25) is 0 Å². The molecule has 1 N–H and O–H groups in total. The van der Waals surface area contributed by atoms with E-state index < -0.39 is 6.10 Å². The lowest BCUT2D eigenvalue weighted by atomic mass is 10.0. The van der Waals surface area contributed by atoms with Crippen LogP contribution in [0.1, 0.15) is 17.4 Å². The Morgan fingerprint density at radius 3 is 2.83 bits per heavy atom. The molecule has 4 heteroatoms. The molecule has 1 aromatic carbocycles. The number of aliphatic hydroxyl groups excluding tert-OH is 1. The van der Waals surface area contributed by atoms with Crippen LogP contribution in [0.3, 0.4) is 0 Å². The van der Waals surface area contributed by atoms with Gasteiger partial charge in [-0.15, -0.1) is 0 Å². The number of halogens is 1. The van der Waals surface area contributed by atoms with Crippen molar-refractivity contribution in [3.05, 3.63) is 58.3 Å². The monoisotopic (exact) mass is 307 g/mol. The fraction of sp³-hybridized carbons (Fsp3) is 0.214. The molecule has 2 aromatic rings. The fourth-order valence-corrected chi connectivity index (χ4v) is 2.13. The molecule has 0 aliphatic rings. The third kappa shape index (κ3) is 3.09. The summed E-state index contributed by atoms with van der Waals surface area (Å²) in [4.78, 5) is 4.15. The number of ether oxygens (including phenoxy) is 1. The lowest BCUT2D eigenvalue weighted by Crippen LogP contribution is -2.04. The summed E-state index contributed by atoms with van der Waals surface area (Å²) in [6, 6.07) is 11.2. The summed E-state index contributed by atoms with van der Waals surface area (Å²) < 4.78 is 6.14. The Morgan fingerprint density at radius 2 is 2.17 bits per heavy atom. The minimum Gasteiger partial charge on any atom is -0.497 e. The van der Waals surface area contributed by atoms with Crippen LogP contribution in [0.15, 0.2) is 47.1 Å². The zero-order chi connectivity index (χ0) is 13.0. The van der Waals surface area contributed by atoms with E-state index in [9.17, 15) is 5.11 Å². The van der Waals surface area contributed by atoms with Crippen LogP contribution >= 0.6 is 15.9 Å². The maximum absolute atomic E-state index is 10.1. The highest BCUT2D eigenvalue weighted by Crippen LogP contribution is 2.26. The van der Waals surface area contributed by atoms with Gasteiger partial charge >= 0.3 is 0 Å². The highest BCUT2D eigenvalue weighted by molar-refractivity contribution is 9.10. The van der Waals surface area contributed by atoms with E-state index in [0.717, 1.165) is 15.8 Å². The van der Waals surface area contributed by atoms with E-state index in [1.807, 2.05) is 36.4 Å². The standard InChI is InChI=1S/C14H14BrNO2/c1-18-11-5-6-12(15)10(8-11)9-14(17)13-4-2-3-7-16-13/h2-8,14,17H,9H2,1H3. The fourth-order valence-electron chi connectivity index (χ4n) is 1.72. The largest absolute Gasteiger partial charge is 0.497 e. The molecule has 0 bridgehead atoms. The molecular weight excluding hydrogens is 294 g/mol. The minimum atomic E-state index is -0.616. The lowest BCUT2D eigenvalue weighted by Gasteiger charge is -2.12. The Kier molecular flexibility index (Phi) is 4.33. The van der Waals surface area contributed by atoms with Gasteiger partial charge in [-0.05, 0) is 35.9 Å². The van der Waals surface area contributed by atoms with Crippen molar-refractivity contribution in [1.29, 1.82) is 0 Å². The summed E-state index contributed by atoms with van der Waals surface area (Å²) in [6.07, 6.45) is 1.56. The Balaban J connectivity index is 2.18. The van der Waals surface area contributed by atoms with Gasteiger partial charge in [-0.3, -0.25) is 4.98 Å². The molecule has 0 spiro atoms. The van der Waals surface area contributed by atoms with Crippen molar-refractivity contribution < 1.29 is 9.84 Å². The van der Waals surface area contributed by atoms with E-state index in [-0.39, 0.29) is 0 Å². The summed E-state index contributed by atoms with van der Waals surface area (Å²) in [5, 5.41) is 10.1. The average molecular weight is 308 g/mol. The average Bonchev–Trinajstić information content (AvgIpc) is 2.42. The van der Waals surface area contributed by atoms with Gasteiger partial charge in [0.25, 0.3) is 0 Å². The summed E-state index contributed by atoms with van der Waals surface area (Å²) in [5.74, 6) is 0.779. The molecule has 2 rings (SSSR count). The van der Waals surface area contributed by atoms with E-state index in [1.165, 1.54) is 0 Å². The predicted octanol–water partition coefficient (Wildman–Crippen LogP) is 3.13. The SMILES string of the molecule is COc1ccc(Br)c(CC(O)c2ccccn2)c1. The first kappa shape index (κ1) is 13.1. The smallest absolute Gasteiger partial charge is 0.119 e. The number of rotatable bonds is 4. The van der Waals surface area contributed by atoms with Crippen LogP contribution in [0.4, 0.5) is 0 Å². The van der Waals surface area contributed by atoms with E-state index in [0.29, 0.717) is 12.1 Å². The summed E-state index contributed by atoms with van der Waals surface area (Å²) in [7, 11) is 1.63. The summed E-state index contributed by atoms with van der Waals surface area (Å²) in [6.45, 7) is 0. The number of hydrogen-bond donors (Lipinski definition) is 1. The van der Waals surface area contributed by atoms with Gasteiger partial charge < -0.3 is 9.84 Å². The zero-order valence-corrected chi connectivity index (χ0v) is 11.6. The highest BCUT2D eigenvalue weighted by atomic mass is 79.9. The Labute approximate surface area is 115 Å². The highest BCUT2D eigenvalue weighted by Gasteiger charge is 2.12. The van der Waals surface area contributed by atoms with Crippen molar-refractivity contribution in [2.75, 3.05) is 7.11 Å². The van der Waals surface area contributed by atoms with E-state index in [4.69, 9.17) is 4.74 Å². The van der Waals surface area contributed by atoms with Crippen LogP contribution in [0.5, 0.6) is 5.75 Å². The van der Waals surface area contributed by atoms with E-state index >= 15 is 0 Å². The molecule has 0 aliphatic heterocycles. The molecule has 94 valence electrons. The van der Waals surface area contributed by atoms with Gasteiger partial charge in [0.05, 0.1) is 18.9 Å². The molecule has 1 heterocycles. The van der Waals surface area contributed by atoms with E-state index in [2.05, 4.69) is 20.9 Å². The quantitative estimate of drug-likeness (QED) is 0.943.